The molecule has 0 radical (unpaired) electrons. The molecule has 2 bridgehead atoms. The quantitative estimate of drug-likeness (QED) is 0.668. The predicted octanol–water partition coefficient (Wildman–Crippen LogP) is 1.99. The van der Waals surface area contributed by atoms with E-state index >= 15 is 0 Å². The van der Waals surface area contributed by atoms with Gasteiger partial charge in [0.2, 0.25) is 6.79 Å². The zero-order valence-corrected chi connectivity index (χ0v) is 10.7. The van der Waals surface area contributed by atoms with Crippen LogP contribution in [0.3, 0.4) is 0 Å². The molecule has 4 heteroatoms. The first kappa shape index (κ1) is 11.0. The molecule has 0 amide bonds. The van der Waals surface area contributed by atoms with Crippen molar-refractivity contribution in [2.24, 2.45) is 5.41 Å². The molecular weight excluding hydrogens is 244 g/mol. The molecule has 1 fully saturated rings. The van der Waals surface area contributed by atoms with Crippen molar-refractivity contribution in [2.75, 3.05) is 6.79 Å². The predicted molar refractivity (Wildman–Crippen MR) is 66.4 cm³/mol. The third-order valence-corrected chi connectivity index (χ3v) is 4.69. The summed E-state index contributed by atoms with van der Waals surface area (Å²) < 4.78 is 10.8. The maximum Gasteiger partial charge on any atom is 0.231 e. The van der Waals surface area contributed by atoms with Gasteiger partial charge in [-0.1, -0.05) is 0 Å². The normalized spacial score (nSPS) is 31.3. The number of ketones is 2. The van der Waals surface area contributed by atoms with Gasteiger partial charge in [-0.2, -0.15) is 0 Å². The van der Waals surface area contributed by atoms with Crippen molar-refractivity contribution in [1.29, 1.82) is 0 Å². The van der Waals surface area contributed by atoms with E-state index in [9.17, 15) is 9.59 Å². The molecule has 1 heterocycles. The maximum absolute atomic E-state index is 12.5. The monoisotopic (exact) mass is 258 g/mol. The fourth-order valence-electron chi connectivity index (χ4n) is 3.54. The van der Waals surface area contributed by atoms with Crippen molar-refractivity contribution in [3.05, 3.63) is 23.3 Å². The molecule has 0 spiro atoms. The largest absolute Gasteiger partial charge is 0.454 e. The van der Waals surface area contributed by atoms with E-state index in [4.69, 9.17) is 9.47 Å². The van der Waals surface area contributed by atoms with Gasteiger partial charge in [0.15, 0.2) is 17.3 Å². The fourth-order valence-corrected chi connectivity index (χ4v) is 3.54. The smallest absolute Gasteiger partial charge is 0.231 e. The number of Topliss-reactive ketones (excluding diaryl/α,β-unsaturated/α-hetero) is 2. The standard InChI is InChI=1S/C15H14O4/c1-15-6-8-4-11-12(19-7-18-11)5-10(8)9(14(15)17)2-3-13(15)16/h4-5,9H,2-3,6-7H2,1H3/t9?,15-/m0/s1. The fraction of sp³-hybridized carbons (Fsp3) is 0.467. The number of carbonyl (C=O) groups excluding carboxylic acids is 2. The van der Waals surface area contributed by atoms with Crippen LogP contribution in [0.2, 0.25) is 0 Å². The van der Waals surface area contributed by atoms with Gasteiger partial charge in [0, 0.05) is 12.3 Å². The van der Waals surface area contributed by atoms with Crippen LogP contribution in [0.15, 0.2) is 12.1 Å². The number of ether oxygens (including phenoxy) is 2. The van der Waals surface area contributed by atoms with Crippen molar-refractivity contribution >= 4 is 11.6 Å². The lowest BCUT2D eigenvalue weighted by Crippen LogP contribution is -2.48. The summed E-state index contributed by atoms with van der Waals surface area (Å²) in [6.07, 6.45) is 1.62. The zero-order chi connectivity index (χ0) is 13.2. The van der Waals surface area contributed by atoms with E-state index in [2.05, 4.69) is 0 Å². The molecule has 4 nitrogen and oxygen atoms in total. The molecule has 1 unspecified atom stereocenters. The Hall–Kier alpha value is -1.84. The van der Waals surface area contributed by atoms with Crippen LogP contribution in [0.25, 0.3) is 0 Å². The van der Waals surface area contributed by atoms with Crippen LogP contribution in [-0.4, -0.2) is 18.4 Å². The number of carbonyl (C=O) groups is 2. The molecule has 4 rings (SSSR count). The van der Waals surface area contributed by atoms with Crippen molar-refractivity contribution in [1.82, 2.24) is 0 Å². The first-order chi connectivity index (χ1) is 9.09. The minimum Gasteiger partial charge on any atom is -0.454 e. The van der Waals surface area contributed by atoms with Gasteiger partial charge >= 0.3 is 0 Å². The average Bonchev–Trinajstić information content (AvgIpc) is 2.82. The summed E-state index contributed by atoms with van der Waals surface area (Å²) in [5.74, 6) is 1.45. The summed E-state index contributed by atoms with van der Waals surface area (Å²) in [4.78, 5) is 24.6. The first-order valence-electron chi connectivity index (χ1n) is 6.59. The number of hydrogen-bond acceptors (Lipinski definition) is 4. The highest BCUT2D eigenvalue weighted by Gasteiger charge is 2.51. The third-order valence-electron chi connectivity index (χ3n) is 4.69. The number of benzene rings is 1. The van der Waals surface area contributed by atoms with E-state index < -0.39 is 5.41 Å². The third kappa shape index (κ3) is 1.29. The minimum absolute atomic E-state index is 0.0788. The lowest BCUT2D eigenvalue weighted by Gasteiger charge is -2.41. The molecule has 3 aliphatic rings. The van der Waals surface area contributed by atoms with Gasteiger partial charge in [0.05, 0.1) is 5.41 Å². The van der Waals surface area contributed by atoms with Gasteiger partial charge in [-0.25, -0.2) is 0 Å². The highest BCUT2D eigenvalue weighted by Crippen LogP contribution is 2.49. The number of hydrogen-bond donors (Lipinski definition) is 0. The molecule has 0 saturated heterocycles. The van der Waals surface area contributed by atoms with E-state index in [1.54, 1.807) is 6.92 Å². The van der Waals surface area contributed by atoms with Gasteiger partial charge in [-0.3, -0.25) is 9.59 Å². The Balaban J connectivity index is 1.91. The molecule has 1 aromatic carbocycles. The van der Waals surface area contributed by atoms with Crippen molar-refractivity contribution in [3.8, 4) is 11.5 Å². The number of fused-ring (bicyclic) bond motifs is 5. The molecule has 2 aliphatic carbocycles. The van der Waals surface area contributed by atoms with Crippen molar-refractivity contribution < 1.29 is 19.1 Å². The Morgan fingerprint density at radius 1 is 1.21 bits per heavy atom. The van der Waals surface area contributed by atoms with Gasteiger partial charge in [0.25, 0.3) is 0 Å². The van der Waals surface area contributed by atoms with Crippen LogP contribution in [0.4, 0.5) is 0 Å². The van der Waals surface area contributed by atoms with Crippen LogP contribution in [-0.2, 0) is 16.0 Å². The summed E-state index contributed by atoms with van der Waals surface area (Å²) in [5.41, 5.74) is 1.26. The second-order valence-corrected chi connectivity index (χ2v) is 5.79. The summed E-state index contributed by atoms with van der Waals surface area (Å²) in [7, 11) is 0. The van der Waals surface area contributed by atoms with Crippen molar-refractivity contribution in [2.45, 2.75) is 32.1 Å². The van der Waals surface area contributed by atoms with Gasteiger partial charge in [0.1, 0.15) is 5.78 Å². The molecule has 1 saturated carbocycles. The van der Waals surface area contributed by atoms with Gasteiger partial charge in [-0.05, 0) is 43.0 Å². The molecule has 19 heavy (non-hydrogen) atoms. The van der Waals surface area contributed by atoms with Crippen LogP contribution in [0, 0.1) is 5.41 Å². The topological polar surface area (TPSA) is 52.6 Å². The molecular formula is C15H14O4. The first-order valence-corrected chi connectivity index (χ1v) is 6.59. The lowest BCUT2D eigenvalue weighted by molar-refractivity contribution is -0.144. The summed E-state index contributed by atoms with van der Waals surface area (Å²) in [6, 6.07) is 3.86. The molecule has 1 aliphatic heterocycles. The summed E-state index contributed by atoms with van der Waals surface area (Å²) in [5, 5.41) is 0. The Kier molecular flexibility index (Phi) is 1.96. The van der Waals surface area contributed by atoms with E-state index in [-0.39, 0.29) is 24.3 Å². The maximum atomic E-state index is 12.5. The Morgan fingerprint density at radius 2 is 1.95 bits per heavy atom. The Labute approximate surface area is 110 Å². The van der Waals surface area contributed by atoms with E-state index in [1.165, 1.54) is 0 Å². The number of rotatable bonds is 0. The lowest BCUT2D eigenvalue weighted by atomic mass is 9.59. The molecule has 0 aromatic heterocycles. The van der Waals surface area contributed by atoms with E-state index in [1.807, 2.05) is 12.1 Å². The average molecular weight is 258 g/mol. The zero-order valence-electron chi connectivity index (χ0n) is 10.7. The van der Waals surface area contributed by atoms with Crippen molar-refractivity contribution in [3.63, 3.8) is 0 Å². The highest BCUT2D eigenvalue weighted by atomic mass is 16.7. The minimum atomic E-state index is -0.830. The molecule has 2 atom stereocenters. The van der Waals surface area contributed by atoms with Gasteiger partial charge < -0.3 is 9.47 Å². The van der Waals surface area contributed by atoms with Crippen LogP contribution < -0.4 is 9.47 Å². The van der Waals surface area contributed by atoms with E-state index in [0.29, 0.717) is 25.0 Å². The Bertz CT molecular complexity index is 619. The summed E-state index contributed by atoms with van der Waals surface area (Å²) in [6.45, 7) is 2.02. The second kappa shape index (κ2) is 3.38. The van der Waals surface area contributed by atoms with Crippen LogP contribution >= 0.6 is 0 Å². The van der Waals surface area contributed by atoms with Crippen LogP contribution in [0.1, 0.15) is 36.8 Å². The SMILES string of the molecule is C[C@]12Cc3cc4c(cc3C(CCC1=O)C2=O)OCO4. The van der Waals surface area contributed by atoms with Crippen LogP contribution in [0.5, 0.6) is 11.5 Å². The van der Waals surface area contributed by atoms with E-state index in [0.717, 1.165) is 16.9 Å². The summed E-state index contributed by atoms with van der Waals surface area (Å²) >= 11 is 0. The van der Waals surface area contributed by atoms with Gasteiger partial charge in [-0.15, -0.1) is 0 Å². The molecule has 0 N–H and O–H groups in total. The molecule has 1 aromatic rings. The molecule has 98 valence electrons. The highest BCUT2D eigenvalue weighted by molar-refractivity contribution is 6.12. The second-order valence-electron chi connectivity index (χ2n) is 5.79. The Morgan fingerprint density at radius 3 is 2.74 bits per heavy atom.